The summed E-state index contributed by atoms with van der Waals surface area (Å²) in [4.78, 5) is 0. The van der Waals surface area contributed by atoms with E-state index < -0.39 is 17.6 Å². The van der Waals surface area contributed by atoms with Crippen LogP contribution in [-0.4, -0.2) is 0 Å². The van der Waals surface area contributed by atoms with Crippen LogP contribution in [0.1, 0.15) is 16.9 Å². The van der Waals surface area contributed by atoms with Crippen molar-refractivity contribution in [3.05, 3.63) is 59.3 Å². The highest BCUT2D eigenvalue weighted by molar-refractivity contribution is 5.27. The van der Waals surface area contributed by atoms with Gasteiger partial charge < -0.3 is 9.73 Å². The van der Waals surface area contributed by atoms with Crippen molar-refractivity contribution in [1.82, 2.24) is 5.32 Å². The van der Waals surface area contributed by atoms with Crippen LogP contribution in [0.4, 0.5) is 17.6 Å². The Morgan fingerprint density at radius 1 is 1.11 bits per heavy atom. The lowest BCUT2D eigenvalue weighted by Gasteiger charge is -2.10. The highest BCUT2D eigenvalue weighted by atomic mass is 19.4. The second kappa shape index (κ2) is 5.44. The molecule has 1 aromatic carbocycles. The quantitative estimate of drug-likeness (QED) is 0.859. The van der Waals surface area contributed by atoms with Crippen LogP contribution in [-0.2, 0) is 19.3 Å². The Morgan fingerprint density at radius 2 is 1.89 bits per heavy atom. The molecule has 102 valence electrons. The summed E-state index contributed by atoms with van der Waals surface area (Å²) in [6.07, 6.45) is -2.98. The number of furan rings is 1. The molecule has 0 aliphatic carbocycles. The second-order valence-corrected chi connectivity index (χ2v) is 3.99. The molecule has 1 aromatic heterocycles. The highest BCUT2D eigenvalue weighted by Crippen LogP contribution is 2.30. The van der Waals surface area contributed by atoms with Crippen LogP contribution in [0.3, 0.4) is 0 Å². The number of rotatable bonds is 4. The zero-order valence-electron chi connectivity index (χ0n) is 9.80. The largest absolute Gasteiger partial charge is 0.468 e. The first-order valence-corrected chi connectivity index (χ1v) is 5.55. The minimum atomic E-state index is -4.47. The highest BCUT2D eigenvalue weighted by Gasteiger charge is 2.30. The molecule has 0 saturated carbocycles. The normalized spacial score (nSPS) is 11.8. The fraction of sp³-hybridized carbons (Fsp3) is 0.231. The number of benzene rings is 1. The number of alkyl halides is 3. The van der Waals surface area contributed by atoms with Crippen LogP contribution in [0.15, 0.2) is 41.0 Å². The third kappa shape index (κ3) is 3.57. The lowest BCUT2D eigenvalue weighted by Crippen LogP contribution is -2.14. The van der Waals surface area contributed by atoms with Crippen molar-refractivity contribution in [3.63, 3.8) is 0 Å². The van der Waals surface area contributed by atoms with Gasteiger partial charge in [0, 0.05) is 12.1 Å². The average molecular weight is 273 g/mol. The zero-order valence-corrected chi connectivity index (χ0v) is 9.80. The van der Waals surface area contributed by atoms with Crippen molar-refractivity contribution in [3.8, 4) is 0 Å². The van der Waals surface area contributed by atoms with Gasteiger partial charge in [-0.05, 0) is 30.3 Å². The van der Waals surface area contributed by atoms with Gasteiger partial charge in [-0.25, -0.2) is 4.39 Å². The number of halogens is 4. The Bertz CT molecular complexity index is 534. The summed E-state index contributed by atoms with van der Waals surface area (Å²) in [6, 6.07) is 5.78. The molecule has 0 radical (unpaired) electrons. The molecule has 1 N–H and O–H groups in total. The van der Waals surface area contributed by atoms with Crippen LogP contribution < -0.4 is 5.32 Å². The Morgan fingerprint density at radius 3 is 2.53 bits per heavy atom. The van der Waals surface area contributed by atoms with Crippen LogP contribution in [0.2, 0.25) is 0 Å². The van der Waals surface area contributed by atoms with E-state index >= 15 is 0 Å². The maximum absolute atomic E-state index is 13.4. The molecule has 0 aliphatic rings. The molecular weight excluding hydrogens is 262 g/mol. The minimum absolute atomic E-state index is 0.00352. The average Bonchev–Trinajstić information content (AvgIpc) is 2.83. The molecule has 0 fully saturated rings. The van der Waals surface area contributed by atoms with Crippen molar-refractivity contribution in [2.24, 2.45) is 0 Å². The molecule has 0 aliphatic heterocycles. The number of hydrogen-bond donors (Lipinski definition) is 1. The Hall–Kier alpha value is -1.82. The molecule has 2 nitrogen and oxygen atoms in total. The Balaban J connectivity index is 2.03. The van der Waals surface area contributed by atoms with Crippen molar-refractivity contribution in [1.29, 1.82) is 0 Å². The molecule has 0 unspecified atom stereocenters. The lowest BCUT2D eigenvalue weighted by molar-refractivity contribution is -0.137. The molecule has 0 amide bonds. The fourth-order valence-corrected chi connectivity index (χ4v) is 1.62. The third-order valence-electron chi connectivity index (χ3n) is 2.57. The topological polar surface area (TPSA) is 25.2 Å². The summed E-state index contributed by atoms with van der Waals surface area (Å²) < 4.78 is 55.9. The van der Waals surface area contributed by atoms with Gasteiger partial charge in [0.1, 0.15) is 11.6 Å². The van der Waals surface area contributed by atoms with Crippen molar-refractivity contribution >= 4 is 0 Å². The van der Waals surface area contributed by atoms with Gasteiger partial charge in [-0.2, -0.15) is 13.2 Å². The predicted octanol–water partition coefficient (Wildman–Crippen LogP) is 3.73. The van der Waals surface area contributed by atoms with Crippen molar-refractivity contribution in [2.45, 2.75) is 19.3 Å². The van der Waals surface area contributed by atoms with Gasteiger partial charge in [0.15, 0.2) is 0 Å². The summed E-state index contributed by atoms with van der Waals surface area (Å²) >= 11 is 0. The maximum Gasteiger partial charge on any atom is 0.416 e. The number of nitrogens with one attached hydrogen (secondary N) is 1. The third-order valence-corrected chi connectivity index (χ3v) is 2.57. The van der Waals surface area contributed by atoms with Gasteiger partial charge in [-0.3, -0.25) is 0 Å². The zero-order chi connectivity index (χ0) is 13.9. The Kier molecular flexibility index (Phi) is 3.90. The molecule has 2 aromatic rings. The van der Waals surface area contributed by atoms with Crippen molar-refractivity contribution < 1.29 is 22.0 Å². The van der Waals surface area contributed by atoms with Gasteiger partial charge in [-0.1, -0.05) is 0 Å². The van der Waals surface area contributed by atoms with E-state index in [-0.39, 0.29) is 12.1 Å². The van der Waals surface area contributed by atoms with E-state index in [9.17, 15) is 17.6 Å². The van der Waals surface area contributed by atoms with E-state index in [1.54, 1.807) is 12.1 Å². The molecule has 0 saturated heterocycles. The van der Waals surface area contributed by atoms with Gasteiger partial charge in [-0.15, -0.1) is 0 Å². The standard InChI is InChI=1S/C13H11F4NO/c14-12-4-3-10(13(15,16)17)6-9(12)7-18-8-11-2-1-5-19-11/h1-6,18H,7-8H2. The first kappa shape index (κ1) is 13.6. The van der Waals surface area contributed by atoms with Gasteiger partial charge in [0.25, 0.3) is 0 Å². The first-order chi connectivity index (χ1) is 8.97. The van der Waals surface area contributed by atoms with E-state index in [0.717, 1.165) is 18.2 Å². The molecule has 0 spiro atoms. The van der Waals surface area contributed by atoms with Gasteiger partial charge in [0.2, 0.25) is 0 Å². The molecule has 19 heavy (non-hydrogen) atoms. The minimum Gasteiger partial charge on any atom is -0.468 e. The summed E-state index contributed by atoms with van der Waals surface area (Å²) in [5.74, 6) is -0.0349. The van der Waals surface area contributed by atoms with Gasteiger partial charge >= 0.3 is 6.18 Å². The first-order valence-electron chi connectivity index (χ1n) is 5.55. The summed E-state index contributed by atoms with van der Waals surface area (Å²) in [5, 5.41) is 2.82. The van der Waals surface area contributed by atoms with Crippen LogP contribution in [0.5, 0.6) is 0 Å². The smallest absolute Gasteiger partial charge is 0.416 e. The van der Waals surface area contributed by atoms with E-state index in [1.807, 2.05) is 0 Å². The van der Waals surface area contributed by atoms with E-state index in [0.29, 0.717) is 12.3 Å². The van der Waals surface area contributed by atoms with E-state index in [4.69, 9.17) is 4.42 Å². The molecular formula is C13H11F4NO. The lowest BCUT2D eigenvalue weighted by atomic mass is 10.1. The van der Waals surface area contributed by atoms with E-state index in [2.05, 4.69) is 5.32 Å². The summed E-state index contributed by atoms with van der Waals surface area (Å²) in [5.41, 5.74) is -0.884. The van der Waals surface area contributed by atoms with Gasteiger partial charge in [0.05, 0.1) is 18.4 Å². The fourth-order valence-electron chi connectivity index (χ4n) is 1.62. The molecule has 2 rings (SSSR count). The predicted molar refractivity (Wildman–Crippen MR) is 60.7 cm³/mol. The molecule has 0 atom stereocenters. The summed E-state index contributed by atoms with van der Waals surface area (Å²) in [6.45, 7) is 0.319. The van der Waals surface area contributed by atoms with Crippen molar-refractivity contribution in [2.75, 3.05) is 0 Å². The SMILES string of the molecule is Fc1ccc(C(F)(F)F)cc1CNCc1ccco1. The van der Waals surface area contributed by atoms with Crippen LogP contribution in [0.25, 0.3) is 0 Å². The Labute approximate surface area is 107 Å². The molecule has 0 bridgehead atoms. The van der Waals surface area contributed by atoms with Crippen LogP contribution >= 0.6 is 0 Å². The summed E-state index contributed by atoms with van der Waals surface area (Å²) in [7, 11) is 0. The maximum atomic E-state index is 13.4. The molecule has 6 heteroatoms. The monoisotopic (exact) mass is 273 g/mol. The van der Waals surface area contributed by atoms with Crippen LogP contribution in [0, 0.1) is 5.82 Å². The molecule has 1 heterocycles. The van der Waals surface area contributed by atoms with E-state index in [1.165, 1.54) is 6.26 Å². The second-order valence-electron chi connectivity index (χ2n) is 3.99. The number of hydrogen-bond acceptors (Lipinski definition) is 2.